The molecule has 8 nitrogen and oxygen atoms in total. The second-order valence-electron chi connectivity index (χ2n) is 8.60. The van der Waals surface area contributed by atoms with Gasteiger partial charge in [0.05, 0.1) is 34.9 Å². The maximum absolute atomic E-state index is 14.5. The predicted octanol–water partition coefficient (Wildman–Crippen LogP) is 5.61. The molecule has 0 aliphatic heterocycles. The maximum Gasteiger partial charge on any atom is 0.255 e. The molecule has 3 aromatic rings. The Morgan fingerprint density at radius 2 is 2.03 bits per heavy atom. The van der Waals surface area contributed by atoms with Gasteiger partial charge in [-0.1, -0.05) is 29.8 Å². The van der Waals surface area contributed by atoms with Crippen LogP contribution in [-0.2, 0) is 6.54 Å². The quantitative estimate of drug-likeness (QED) is 0.403. The van der Waals surface area contributed by atoms with E-state index in [1.165, 1.54) is 12.3 Å². The summed E-state index contributed by atoms with van der Waals surface area (Å²) in [6, 6.07) is 3.87. The molecule has 34 heavy (non-hydrogen) atoms. The summed E-state index contributed by atoms with van der Waals surface area (Å²) in [7, 11) is 0. The molecule has 2 N–H and O–H groups in total. The average Bonchev–Trinajstić information content (AvgIpc) is 3.27. The van der Waals surface area contributed by atoms with E-state index in [4.69, 9.17) is 11.6 Å². The number of nitrogens with one attached hydrogen (secondary N) is 2. The van der Waals surface area contributed by atoms with Crippen molar-refractivity contribution in [1.82, 2.24) is 20.1 Å². The van der Waals surface area contributed by atoms with E-state index in [0.29, 0.717) is 53.3 Å². The minimum atomic E-state index is -0.527. The van der Waals surface area contributed by atoms with Gasteiger partial charge in [0.2, 0.25) is 0 Å². The Hall–Kier alpha value is -3.07. The number of carbonyl (C=O) groups excluding carboxylic acids is 1. The monoisotopic (exact) mass is 486 g/mol. The Kier molecular flexibility index (Phi) is 7.41. The van der Waals surface area contributed by atoms with Crippen molar-refractivity contribution < 1.29 is 9.18 Å². The molecule has 1 aliphatic carbocycles. The smallest absolute Gasteiger partial charge is 0.255 e. The summed E-state index contributed by atoms with van der Waals surface area (Å²) in [6.45, 7) is 4.50. The predicted molar refractivity (Wildman–Crippen MR) is 131 cm³/mol. The molecule has 1 aromatic carbocycles. The van der Waals surface area contributed by atoms with E-state index in [0.717, 1.165) is 18.2 Å². The molecule has 10 heteroatoms. The third-order valence-corrected chi connectivity index (χ3v) is 6.69. The van der Waals surface area contributed by atoms with Crippen LogP contribution in [0.25, 0.3) is 11.0 Å². The second-order valence-corrected chi connectivity index (χ2v) is 9.04. The van der Waals surface area contributed by atoms with Gasteiger partial charge >= 0.3 is 0 Å². The number of rotatable bonds is 8. The first-order valence-electron chi connectivity index (χ1n) is 11.6. The van der Waals surface area contributed by atoms with Gasteiger partial charge in [-0.15, -0.1) is 0 Å². The SMILES string of the molecule is CCC(NC(=O)c1cnc2c(cnn2CC)c1NC1CCC(N=O)CC1)c1ccc(Cl)cc1F. The highest BCUT2D eigenvalue weighted by Gasteiger charge is 2.26. The number of hydrogen-bond acceptors (Lipinski definition) is 6. The summed E-state index contributed by atoms with van der Waals surface area (Å²) < 4.78 is 16.3. The van der Waals surface area contributed by atoms with Crippen molar-refractivity contribution in [2.24, 2.45) is 5.18 Å². The van der Waals surface area contributed by atoms with E-state index in [1.54, 1.807) is 23.0 Å². The summed E-state index contributed by atoms with van der Waals surface area (Å²) in [5.74, 6) is -0.818. The molecule has 1 amide bonds. The topological polar surface area (TPSA) is 101 Å². The van der Waals surface area contributed by atoms with Gasteiger partial charge < -0.3 is 10.6 Å². The zero-order chi connectivity index (χ0) is 24.2. The van der Waals surface area contributed by atoms with E-state index in [-0.39, 0.29) is 18.0 Å². The molecule has 0 bridgehead atoms. The number of carbonyl (C=O) groups is 1. The van der Waals surface area contributed by atoms with Crippen molar-refractivity contribution in [3.05, 3.63) is 57.5 Å². The summed E-state index contributed by atoms with van der Waals surface area (Å²) in [6.07, 6.45) is 6.71. The fourth-order valence-electron chi connectivity index (χ4n) is 4.54. The molecular formula is C24H28ClFN6O2. The molecule has 1 aliphatic rings. The lowest BCUT2D eigenvalue weighted by Gasteiger charge is -2.27. The van der Waals surface area contributed by atoms with Gasteiger partial charge in [0.15, 0.2) is 5.65 Å². The zero-order valence-electron chi connectivity index (χ0n) is 19.2. The summed E-state index contributed by atoms with van der Waals surface area (Å²) in [5, 5.41) is 15.1. The molecule has 4 rings (SSSR count). The molecule has 0 radical (unpaired) electrons. The number of amides is 1. The Morgan fingerprint density at radius 1 is 1.26 bits per heavy atom. The van der Waals surface area contributed by atoms with Crippen LogP contribution in [0, 0.1) is 10.7 Å². The Morgan fingerprint density at radius 3 is 2.68 bits per heavy atom. The van der Waals surface area contributed by atoms with Crippen LogP contribution in [0.1, 0.15) is 67.9 Å². The van der Waals surface area contributed by atoms with E-state index in [2.05, 4.69) is 25.9 Å². The van der Waals surface area contributed by atoms with E-state index < -0.39 is 11.9 Å². The van der Waals surface area contributed by atoms with Crippen LogP contribution in [0.5, 0.6) is 0 Å². The number of anilines is 1. The number of hydrogen-bond donors (Lipinski definition) is 2. The van der Waals surface area contributed by atoms with E-state index >= 15 is 0 Å². The Bertz CT molecular complexity index is 1190. The fourth-order valence-corrected chi connectivity index (χ4v) is 4.69. The maximum atomic E-state index is 14.5. The van der Waals surface area contributed by atoms with Gasteiger partial charge in [-0.25, -0.2) is 14.1 Å². The van der Waals surface area contributed by atoms with Gasteiger partial charge in [0.25, 0.3) is 5.91 Å². The first kappa shape index (κ1) is 24.1. The second kappa shape index (κ2) is 10.5. The highest BCUT2D eigenvalue weighted by Crippen LogP contribution is 2.31. The molecule has 1 fully saturated rings. The van der Waals surface area contributed by atoms with Gasteiger partial charge in [0.1, 0.15) is 5.82 Å². The van der Waals surface area contributed by atoms with Crippen LogP contribution < -0.4 is 10.6 Å². The molecule has 0 saturated heterocycles. The van der Waals surface area contributed by atoms with Gasteiger partial charge in [-0.2, -0.15) is 10.0 Å². The number of pyridine rings is 1. The fraction of sp³-hybridized carbons (Fsp3) is 0.458. The molecule has 2 aromatic heterocycles. The van der Waals surface area contributed by atoms with Crippen molar-refractivity contribution in [3.8, 4) is 0 Å². The summed E-state index contributed by atoms with van der Waals surface area (Å²) in [5.41, 5.74) is 2.07. The molecule has 2 heterocycles. The molecule has 0 spiro atoms. The van der Waals surface area contributed by atoms with Crippen LogP contribution in [0.3, 0.4) is 0 Å². The first-order valence-corrected chi connectivity index (χ1v) is 12.0. The minimum Gasteiger partial charge on any atom is -0.381 e. The highest BCUT2D eigenvalue weighted by molar-refractivity contribution is 6.30. The lowest BCUT2D eigenvalue weighted by atomic mass is 9.91. The Labute approximate surface area is 202 Å². The number of aromatic nitrogens is 3. The van der Waals surface area contributed by atoms with E-state index in [9.17, 15) is 14.1 Å². The average molecular weight is 487 g/mol. The van der Waals surface area contributed by atoms with E-state index in [1.807, 2.05) is 13.8 Å². The third-order valence-electron chi connectivity index (χ3n) is 6.46. The molecule has 1 atom stereocenters. The van der Waals surface area contributed by atoms with Crippen LogP contribution in [0.15, 0.2) is 35.8 Å². The van der Waals surface area contributed by atoms with Crippen LogP contribution in [-0.4, -0.2) is 32.8 Å². The van der Waals surface area contributed by atoms with Crippen molar-refractivity contribution in [3.63, 3.8) is 0 Å². The van der Waals surface area contributed by atoms with Gasteiger partial charge in [-0.05, 0) is 51.2 Å². The number of aryl methyl sites for hydroxylation is 1. The van der Waals surface area contributed by atoms with Crippen molar-refractivity contribution in [2.45, 2.75) is 70.6 Å². The standard InChI is InChI=1S/C24H28ClFN6O2/c1-3-21(17-10-5-14(25)11-20(17)26)30-24(33)19-12-27-23-18(13-28-32(23)4-2)22(19)29-15-6-8-16(31-34)9-7-15/h5,10-13,15-16,21H,3-4,6-9H2,1-2H3,(H,27,29)(H,30,33). The molecule has 1 saturated carbocycles. The zero-order valence-corrected chi connectivity index (χ0v) is 20.0. The number of benzene rings is 1. The number of halogens is 2. The van der Waals surface area contributed by atoms with Crippen LogP contribution >= 0.6 is 11.6 Å². The minimum absolute atomic E-state index is 0.0933. The normalized spacial score (nSPS) is 19.1. The van der Waals surface area contributed by atoms with Crippen molar-refractivity contribution >= 4 is 34.2 Å². The molecular weight excluding hydrogens is 459 g/mol. The molecule has 1 unspecified atom stereocenters. The molecule has 180 valence electrons. The summed E-state index contributed by atoms with van der Waals surface area (Å²) >= 11 is 5.89. The lowest BCUT2D eigenvalue weighted by Crippen LogP contribution is -2.32. The number of fused-ring (bicyclic) bond motifs is 1. The number of nitroso groups, excluding NO2 is 1. The van der Waals surface area contributed by atoms with Crippen LogP contribution in [0.4, 0.5) is 10.1 Å². The lowest BCUT2D eigenvalue weighted by molar-refractivity contribution is 0.0935. The first-order chi connectivity index (χ1) is 16.4. The third kappa shape index (κ3) is 4.89. The van der Waals surface area contributed by atoms with Crippen molar-refractivity contribution in [2.75, 3.05) is 5.32 Å². The summed E-state index contributed by atoms with van der Waals surface area (Å²) in [4.78, 5) is 28.8. The Balaban J connectivity index is 1.65. The van der Waals surface area contributed by atoms with Crippen LogP contribution in [0.2, 0.25) is 5.02 Å². The van der Waals surface area contributed by atoms with Gasteiger partial charge in [-0.3, -0.25) is 4.79 Å². The van der Waals surface area contributed by atoms with Crippen molar-refractivity contribution in [1.29, 1.82) is 0 Å². The highest BCUT2D eigenvalue weighted by atomic mass is 35.5. The van der Waals surface area contributed by atoms with Gasteiger partial charge in [0, 0.05) is 29.4 Å². The number of nitrogens with zero attached hydrogens (tertiary/aromatic N) is 4. The largest absolute Gasteiger partial charge is 0.381 e.